The zero-order valence-electron chi connectivity index (χ0n) is 14.5. The van der Waals surface area contributed by atoms with Gasteiger partial charge in [0.25, 0.3) is 0 Å². The summed E-state index contributed by atoms with van der Waals surface area (Å²) >= 11 is 0. The van der Waals surface area contributed by atoms with Gasteiger partial charge < -0.3 is 9.84 Å². The zero-order valence-corrected chi connectivity index (χ0v) is 14.5. The molecule has 0 amide bonds. The summed E-state index contributed by atoms with van der Waals surface area (Å²) < 4.78 is 5.84. The summed E-state index contributed by atoms with van der Waals surface area (Å²) in [7, 11) is 0. The number of carboxylic acid groups (broad SMARTS) is 1. The number of ether oxygens (including phenoxy) is 1. The standard InChI is InChI=1S/C22H21NO3/c24-21(25)22(13-3-4-14-22)17-8-11-19(12-9-17)26-15-18-10-7-16-5-1-2-6-20(16)23-18/h1-2,5-12H,3-4,13-15H2,(H,24,25). The lowest BCUT2D eigenvalue weighted by molar-refractivity contribution is -0.143. The van der Waals surface area contributed by atoms with E-state index in [2.05, 4.69) is 4.98 Å². The number of rotatable bonds is 5. The van der Waals surface area contributed by atoms with E-state index in [1.807, 2.05) is 60.7 Å². The van der Waals surface area contributed by atoms with E-state index in [-0.39, 0.29) is 0 Å². The van der Waals surface area contributed by atoms with Crippen LogP contribution >= 0.6 is 0 Å². The van der Waals surface area contributed by atoms with Crippen LogP contribution in [0.25, 0.3) is 10.9 Å². The van der Waals surface area contributed by atoms with E-state index in [1.54, 1.807) is 0 Å². The maximum Gasteiger partial charge on any atom is 0.314 e. The van der Waals surface area contributed by atoms with Gasteiger partial charge in [-0.25, -0.2) is 4.98 Å². The quantitative estimate of drug-likeness (QED) is 0.726. The van der Waals surface area contributed by atoms with Crippen LogP contribution in [0.15, 0.2) is 60.7 Å². The van der Waals surface area contributed by atoms with Crippen molar-refractivity contribution in [2.75, 3.05) is 0 Å². The number of fused-ring (bicyclic) bond motifs is 1. The Bertz CT molecular complexity index is 928. The van der Waals surface area contributed by atoms with Crippen LogP contribution in [0, 0.1) is 0 Å². The second-order valence-electron chi connectivity index (χ2n) is 6.90. The molecule has 0 atom stereocenters. The number of pyridine rings is 1. The number of carbonyl (C=O) groups is 1. The maximum atomic E-state index is 11.8. The van der Waals surface area contributed by atoms with Crippen molar-refractivity contribution in [2.45, 2.75) is 37.7 Å². The fourth-order valence-corrected chi connectivity index (χ4v) is 3.82. The highest BCUT2D eigenvalue weighted by molar-refractivity contribution is 5.82. The number of hydrogen-bond acceptors (Lipinski definition) is 3. The van der Waals surface area contributed by atoms with Gasteiger partial charge in [-0.1, -0.05) is 49.2 Å². The predicted octanol–water partition coefficient (Wildman–Crippen LogP) is 4.71. The number of nitrogens with zero attached hydrogens (tertiary/aromatic N) is 1. The van der Waals surface area contributed by atoms with Gasteiger partial charge in [-0.05, 0) is 42.7 Å². The minimum absolute atomic E-state index is 0.383. The van der Waals surface area contributed by atoms with E-state index in [0.29, 0.717) is 19.4 Å². The Labute approximate surface area is 152 Å². The monoisotopic (exact) mass is 347 g/mol. The average Bonchev–Trinajstić information content (AvgIpc) is 3.18. The van der Waals surface area contributed by atoms with Gasteiger partial charge in [0, 0.05) is 5.39 Å². The molecule has 0 unspecified atom stereocenters. The first kappa shape index (κ1) is 16.6. The Balaban J connectivity index is 1.48. The third-order valence-electron chi connectivity index (χ3n) is 5.32. The third-order valence-corrected chi connectivity index (χ3v) is 5.32. The van der Waals surface area contributed by atoms with Gasteiger partial charge in [0.15, 0.2) is 0 Å². The van der Waals surface area contributed by atoms with E-state index in [1.165, 1.54) is 0 Å². The molecule has 4 heteroatoms. The molecule has 1 saturated carbocycles. The Kier molecular flexibility index (Phi) is 4.33. The van der Waals surface area contributed by atoms with Crippen molar-refractivity contribution in [3.63, 3.8) is 0 Å². The zero-order chi connectivity index (χ0) is 18.0. The molecule has 4 rings (SSSR count). The Morgan fingerprint density at radius 1 is 1.00 bits per heavy atom. The summed E-state index contributed by atoms with van der Waals surface area (Å²) in [6.07, 6.45) is 3.36. The average molecular weight is 347 g/mol. The smallest absolute Gasteiger partial charge is 0.314 e. The van der Waals surface area contributed by atoms with Gasteiger partial charge in [-0.15, -0.1) is 0 Å². The highest BCUT2D eigenvalue weighted by Gasteiger charge is 2.42. The number of aromatic nitrogens is 1. The predicted molar refractivity (Wildman–Crippen MR) is 100 cm³/mol. The minimum atomic E-state index is -0.724. The lowest BCUT2D eigenvalue weighted by Crippen LogP contribution is -2.32. The van der Waals surface area contributed by atoms with Crippen molar-refractivity contribution in [3.8, 4) is 5.75 Å². The van der Waals surface area contributed by atoms with Gasteiger partial charge in [-0.3, -0.25) is 4.79 Å². The van der Waals surface area contributed by atoms with Crippen molar-refractivity contribution in [1.82, 2.24) is 4.98 Å². The molecule has 0 bridgehead atoms. The molecular weight excluding hydrogens is 326 g/mol. The molecule has 2 aromatic carbocycles. The van der Waals surface area contributed by atoms with Crippen LogP contribution in [-0.4, -0.2) is 16.1 Å². The SMILES string of the molecule is O=C(O)C1(c2ccc(OCc3ccc4ccccc4n3)cc2)CCCC1. The summed E-state index contributed by atoms with van der Waals surface area (Å²) in [6, 6.07) is 19.5. The number of para-hydroxylation sites is 1. The first-order valence-corrected chi connectivity index (χ1v) is 8.99. The molecule has 1 fully saturated rings. The molecule has 26 heavy (non-hydrogen) atoms. The highest BCUT2D eigenvalue weighted by atomic mass is 16.5. The summed E-state index contributed by atoms with van der Waals surface area (Å²) in [6.45, 7) is 0.383. The summed E-state index contributed by atoms with van der Waals surface area (Å²) in [5.74, 6) is 0.00581. The van der Waals surface area contributed by atoms with Crippen LogP contribution in [0.4, 0.5) is 0 Å². The Hall–Kier alpha value is -2.88. The minimum Gasteiger partial charge on any atom is -0.487 e. The van der Waals surface area contributed by atoms with Crippen LogP contribution in [0.5, 0.6) is 5.75 Å². The number of carboxylic acids is 1. The van der Waals surface area contributed by atoms with Gasteiger partial charge in [0.05, 0.1) is 16.6 Å². The molecule has 1 aliphatic rings. The number of benzene rings is 2. The van der Waals surface area contributed by atoms with Crippen LogP contribution in [0.3, 0.4) is 0 Å². The largest absolute Gasteiger partial charge is 0.487 e. The van der Waals surface area contributed by atoms with E-state index >= 15 is 0 Å². The molecule has 1 aromatic heterocycles. The van der Waals surface area contributed by atoms with Crippen molar-refractivity contribution in [1.29, 1.82) is 0 Å². The molecular formula is C22H21NO3. The topological polar surface area (TPSA) is 59.4 Å². The van der Waals surface area contributed by atoms with E-state index in [4.69, 9.17) is 4.74 Å². The van der Waals surface area contributed by atoms with Crippen LogP contribution in [0.2, 0.25) is 0 Å². The summed E-state index contributed by atoms with van der Waals surface area (Å²) in [5, 5.41) is 10.8. The van der Waals surface area contributed by atoms with Crippen molar-refractivity contribution >= 4 is 16.9 Å². The van der Waals surface area contributed by atoms with E-state index in [9.17, 15) is 9.90 Å². The van der Waals surface area contributed by atoms with Crippen LogP contribution < -0.4 is 4.74 Å². The second-order valence-corrected chi connectivity index (χ2v) is 6.90. The summed E-state index contributed by atoms with van der Waals surface area (Å²) in [5.41, 5.74) is 1.97. The first-order chi connectivity index (χ1) is 12.7. The molecule has 0 saturated heterocycles. The van der Waals surface area contributed by atoms with Crippen molar-refractivity contribution < 1.29 is 14.6 Å². The molecule has 0 spiro atoms. The van der Waals surface area contributed by atoms with Gasteiger partial charge in [-0.2, -0.15) is 0 Å². The van der Waals surface area contributed by atoms with Crippen LogP contribution in [0.1, 0.15) is 36.9 Å². The normalized spacial score (nSPS) is 15.8. The van der Waals surface area contributed by atoms with Crippen LogP contribution in [-0.2, 0) is 16.8 Å². The lowest BCUT2D eigenvalue weighted by Gasteiger charge is -2.24. The number of hydrogen-bond donors (Lipinski definition) is 1. The maximum absolute atomic E-state index is 11.8. The molecule has 4 nitrogen and oxygen atoms in total. The van der Waals surface area contributed by atoms with Crippen molar-refractivity contribution in [3.05, 3.63) is 71.9 Å². The van der Waals surface area contributed by atoms with Gasteiger partial charge in [0.1, 0.15) is 12.4 Å². The Morgan fingerprint density at radius 3 is 2.46 bits per heavy atom. The van der Waals surface area contributed by atoms with E-state index < -0.39 is 11.4 Å². The molecule has 1 heterocycles. The molecule has 3 aromatic rings. The fourth-order valence-electron chi connectivity index (χ4n) is 3.82. The molecule has 1 aliphatic carbocycles. The van der Waals surface area contributed by atoms with Gasteiger partial charge >= 0.3 is 5.97 Å². The molecule has 0 aliphatic heterocycles. The first-order valence-electron chi connectivity index (χ1n) is 8.99. The van der Waals surface area contributed by atoms with E-state index in [0.717, 1.165) is 40.8 Å². The Morgan fingerprint density at radius 2 is 1.73 bits per heavy atom. The fraction of sp³-hybridized carbons (Fsp3) is 0.273. The molecule has 0 radical (unpaired) electrons. The van der Waals surface area contributed by atoms with Gasteiger partial charge in [0.2, 0.25) is 0 Å². The second kappa shape index (κ2) is 6.79. The summed E-state index contributed by atoms with van der Waals surface area (Å²) in [4.78, 5) is 16.4. The number of aliphatic carboxylic acids is 1. The lowest BCUT2D eigenvalue weighted by atomic mass is 9.79. The molecule has 1 N–H and O–H groups in total. The third kappa shape index (κ3) is 3.03. The van der Waals surface area contributed by atoms with Crippen molar-refractivity contribution in [2.24, 2.45) is 0 Å². The highest BCUT2D eigenvalue weighted by Crippen LogP contribution is 2.41. The molecule has 132 valence electrons.